The molecule has 0 radical (unpaired) electrons. The van der Waals surface area contributed by atoms with Crippen LogP contribution in [-0.4, -0.2) is 51.5 Å². The summed E-state index contributed by atoms with van der Waals surface area (Å²) in [5.74, 6) is 0. The average molecular weight is 492 g/mol. The summed E-state index contributed by atoms with van der Waals surface area (Å²) in [5, 5.41) is 0. The molecule has 0 saturated carbocycles. The lowest BCUT2D eigenvalue weighted by Crippen LogP contribution is -2.32. The van der Waals surface area contributed by atoms with Crippen molar-refractivity contribution in [2.75, 3.05) is 40.5 Å². The minimum atomic E-state index is 0.198. The number of allylic oxidation sites excluding steroid dienone is 6. The molecule has 35 heavy (non-hydrogen) atoms. The second kappa shape index (κ2) is 29.3. The van der Waals surface area contributed by atoms with Gasteiger partial charge in [-0.15, -0.1) is 0 Å². The van der Waals surface area contributed by atoms with Gasteiger partial charge in [0.05, 0.1) is 12.7 Å². The first-order chi connectivity index (χ1) is 17.2. The summed E-state index contributed by atoms with van der Waals surface area (Å²) in [6.07, 6.45) is 35.5. The van der Waals surface area contributed by atoms with Crippen LogP contribution >= 0.6 is 0 Å². The third-order valence-corrected chi connectivity index (χ3v) is 6.25. The molecule has 0 aliphatic rings. The van der Waals surface area contributed by atoms with E-state index in [0.29, 0.717) is 0 Å². The number of hydrogen-bond acceptors (Lipinski definition) is 3. The van der Waals surface area contributed by atoms with Gasteiger partial charge in [-0.2, -0.15) is 0 Å². The second-order valence-corrected chi connectivity index (χ2v) is 10.2. The smallest absolute Gasteiger partial charge is 0.0934 e. The Morgan fingerprint density at radius 1 is 0.629 bits per heavy atom. The number of hydrogen-bond donors (Lipinski definition) is 0. The first-order valence-electron chi connectivity index (χ1n) is 15.0. The lowest BCUT2D eigenvalue weighted by molar-refractivity contribution is -0.0287. The summed E-state index contributed by atoms with van der Waals surface area (Å²) in [7, 11) is 4.23. The zero-order valence-corrected chi connectivity index (χ0v) is 24.2. The van der Waals surface area contributed by atoms with Gasteiger partial charge in [0, 0.05) is 19.8 Å². The van der Waals surface area contributed by atoms with Crippen molar-refractivity contribution in [3.63, 3.8) is 0 Å². The third-order valence-electron chi connectivity index (χ3n) is 6.25. The standard InChI is InChI=1S/C32H61NO2/c1-5-7-9-11-13-15-16-17-18-19-20-21-23-25-27-29-35-32(30-33(3)4)31-34-28-26-24-22-14-12-10-8-6-2/h5,7,11,13,16-17,32H,6,8-10,12,14-15,18-31H2,1-4H3/b7-5-,13-11-,17-16-. The van der Waals surface area contributed by atoms with E-state index < -0.39 is 0 Å². The van der Waals surface area contributed by atoms with Gasteiger partial charge in [0.1, 0.15) is 0 Å². The van der Waals surface area contributed by atoms with E-state index >= 15 is 0 Å². The van der Waals surface area contributed by atoms with E-state index in [1.54, 1.807) is 0 Å². The molecule has 1 unspecified atom stereocenters. The Balaban J connectivity index is 3.58. The SMILES string of the molecule is C/C=C\C/C=C\C/C=C\CCCCCCCCOC(COCCCCCCCCCC)CN(C)C. The van der Waals surface area contributed by atoms with Crippen LogP contribution in [0.5, 0.6) is 0 Å². The molecule has 0 saturated heterocycles. The van der Waals surface area contributed by atoms with Crippen LogP contribution in [0.15, 0.2) is 36.5 Å². The van der Waals surface area contributed by atoms with E-state index in [2.05, 4.69) is 69.3 Å². The first kappa shape index (κ1) is 34.1. The van der Waals surface area contributed by atoms with Gasteiger partial charge in [-0.25, -0.2) is 0 Å². The lowest BCUT2D eigenvalue weighted by Gasteiger charge is -2.21. The molecule has 0 aromatic heterocycles. The van der Waals surface area contributed by atoms with Crippen molar-refractivity contribution >= 4 is 0 Å². The molecule has 0 spiro atoms. The predicted molar refractivity (Wildman–Crippen MR) is 156 cm³/mol. The van der Waals surface area contributed by atoms with Crippen LogP contribution in [0.25, 0.3) is 0 Å². The van der Waals surface area contributed by atoms with Gasteiger partial charge < -0.3 is 14.4 Å². The molecule has 0 bridgehead atoms. The molecule has 0 aromatic carbocycles. The molecule has 0 rings (SSSR count). The molecule has 1 atom stereocenters. The summed E-state index contributed by atoms with van der Waals surface area (Å²) in [4.78, 5) is 2.21. The Morgan fingerprint density at radius 3 is 1.80 bits per heavy atom. The van der Waals surface area contributed by atoms with Crippen LogP contribution in [-0.2, 0) is 9.47 Å². The summed E-state index contributed by atoms with van der Waals surface area (Å²) in [6.45, 7) is 7.76. The summed E-state index contributed by atoms with van der Waals surface area (Å²) in [5.41, 5.74) is 0. The zero-order valence-electron chi connectivity index (χ0n) is 24.2. The van der Waals surface area contributed by atoms with Crippen LogP contribution in [0.4, 0.5) is 0 Å². The fraction of sp³-hybridized carbons (Fsp3) is 0.812. The molecule has 3 heteroatoms. The quantitative estimate of drug-likeness (QED) is 0.0844. The molecule has 3 nitrogen and oxygen atoms in total. The van der Waals surface area contributed by atoms with Crippen molar-refractivity contribution in [1.29, 1.82) is 0 Å². The van der Waals surface area contributed by atoms with Crippen molar-refractivity contribution in [2.24, 2.45) is 0 Å². The molecule has 0 amide bonds. The van der Waals surface area contributed by atoms with E-state index in [1.165, 1.54) is 96.3 Å². The number of rotatable bonds is 27. The Bertz CT molecular complexity index is 484. The normalized spacial score (nSPS) is 13.3. The van der Waals surface area contributed by atoms with Gasteiger partial charge in [-0.05, 0) is 59.5 Å². The Hall–Kier alpha value is -0.900. The number of likely N-dealkylation sites (N-methyl/N-ethyl adjacent to an activating group) is 1. The number of ether oxygens (including phenoxy) is 2. The fourth-order valence-electron chi connectivity index (χ4n) is 4.13. The minimum absolute atomic E-state index is 0.198. The zero-order chi connectivity index (χ0) is 25.7. The summed E-state index contributed by atoms with van der Waals surface area (Å²) < 4.78 is 12.1. The van der Waals surface area contributed by atoms with Crippen molar-refractivity contribution in [3.8, 4) is 0 Å². The van der Waals surface area contributed by atoms with Crippen LogP contribution in [0.1, 0.15) is 123 Å². The molecule has 0 N–H and O–H groups in total. The molecule has 0 aliphatic heterocycles. The van der Waals surface area contributed by atoms with E-state index in [9.17, 15) is 0 Å². The molecule has 0 aromatic rings. The monoisotopic (exact) mass is 491 g/mol. The third kappa shape index (κ3) is 29.2. The first-order valence-corrected chi connectivity index (χ1v) is 15.0. The van der Waals surface area contributed by atoms with Crippen molar-refractivity contribution in [3.05, 3.63) is 36.5 Å². The highest BCUT2D eigenvalue weighted by molar-refractivity contribution is 4.96. The second-order valence-electron chi connectivity index (χ2n) is 10.2. The Kier molecular flexibility index (Phi) is 28.6. The topological polar surface area (TPSA) is 21.7 Å². The summed E-state index contributed by atoms with van der Waals surface area (Å²) >= 11 is 0. The highest BCUT2D eigenvalue weighted by atomic mass is 16.5. The van der Waals surface area contributed by atoms with Crippen molar-refractivity contribution in [2.45, 2.75) is 129 Å². The van der Waals surface area contributed by atoms with Gasteiger partial charge >= 0.3 is 0 Å². The van der Waals surface area contributed by atoms with E-state index in [0.717, 1.165) is 39.2 Å². The fourth-order valence-corrected chi connectivity index (χ4v) is 4.13. The Labute approximate surface area is 220 Å². The van der Waals surface area contributed by atoms with E-state index in [-0.39, 0.29) is 6.10 Å². The maximum Gasteiger partial charge on any atom is 0.0934 e. The number of nitrogens with zero attached hydrogens (tertiary/aromatic N) is 1. The van der Waals surface area contributed by atoms with Crippen molar-refractivity contribution in [1.82, 2.24) is 4.90 Å². The molecular formula is C32H61NO2. The maximum atomic E-state index is 6.16. The number of unbranched alkanes of at least 4 members (excludes halogenated alkanes) is 13. The molecule has 0 aliphatic carbocycles. The van der Waals surface area contributed by atoms with Gasteiger partial charge in [-0.3, -0.25) is 0 Å². The highest BCUT2D eigenvalue weighted by Crippen LogP contribution is 2.10. The maximum absolute atomic E-state index is 6.16. The van der Waals surface area contributed by atoms with E-state index in [1.807, 2.05) is 0 Å². The van der Waals surface area contributed by atoms with Gasteiger partial charge in [-0.1, -0.05) is 114 Å². The van der Waals surface area contributed by atoms with Crippen LogP contribution in [0.3, 0.4) is 0 Å². The molecule has 206 valence electrons. The Morgan fingerprint density at radius 2 is 1.17 bits per heavy atom. The lowest BCUT2D eigenvalue weighted by atomic mass is 10.1. The van der Waals surface area contributed by atoms with E-state index in [4.69, 9.17) is 9.47 Å². The van der Waals surface area contributed by atoms with Crippen LogP contribution in [0.2, 0.25) is 0 Å². The van der Waals surface area contributed by atoms with Crippen LogP contribution in [0, 0.1) is 0 Å². The highest BCUT2D eigenvalue weighted by Gasteiger charge is 2.10. The van der Waals surface area contributed by atoms with Gasteiger partial charge in [0.25, 0.3) is 0 Å². The molecule has 0 fully saturated rings. The molecule has 0 heterocycles. The van der Waals surface area contributed by atoms with Crippen LogP contribution < -0.4 is 0 Å². The average Bonchev–Trinajstić information content (AvgIpc) is 2.84. The minimum Gasteiger partial charge on any atom is -0.379 e. The molecular weight excluding hydrogens is 430 g/mol. The van der Waals surface area contributed by atoms with Gasteiger partial charge in [0.2, 0.25) is 0 Å². The predicted octanol–water partition coefficient (Wildman–Crippen LogP) is 9.29. The largest absolute Gasteiger partial charge is 0.379 e. The van der Waals surface area contributed by atoms with Gasteiger partial charge in [0.15, 0.2) is 0 Å². The van der Waals surface area contributed by atoms with Crippen molar-refractivity contribution < 1.29 is 9.47 Å². The summed E-state index contributed by atoms with van der Waals surface area (Å²) in [6, 6.07) is 0.